The number of nitrogens with zero attached hydrogens (tertiary/aromatic N) is 1. The predicted octanol–water partition coefficient (Wildman–Crippen LogP) is 2.86. The molecule has 0 bridgehead atoms. The Morgan fingerprint density at radius 2 is 1.92 bits per heavy atom. The maximum Gasteiger partial charge on any atom is 0.284 e. The number of benzene rings is 2. The van der Waals surface area contributed by atoms with Crippen LogP contribution in [0.1, 0.15) is 30.0 Å². The van der Waals surface area contributed by atoms with Crippen molar-refractivity contribution in [3.8, 4) is 11.5 Å². The third-order valence-corrected chi connectivity index (χ3v) is 4.65. The highest BCUT2D eigenvalue weighted by molar-refractivity contribution is 5.99. The van der Waals surface area contributed by atoms with Gasteiger partial charge in [-0.15, -0.1) is 0 Å². The zero-order chi connectivity index (χ0) is 17.2. The molecule has 0 saturated heterocycles. The smallest absolute Gasteiger partial charge is 0.284 e. The van der Waals surface area contributed by atoms with E-state index >= 15 is 0 Å². The Hall–Kier alpha value is -2.82. The molecule has 0 unspecified atom stereocenters. The number of aryl methyl sites for hydroxylation is 2. The van der Waals surface area contributed by atoms with Gasteiger partial charge in [0.1, 0.15) is 6.61 Å². The molecule has 4 rings (SSSR count). The standard InChI is InChI=1S/C20H20N2O3/c1-13(15-10-9-14-5-4-6-16(14)11-15)21-22-20(23)19-12-24-17-7-2-3-8-18(17)25-19/h2-3,7-11,19H,4-6,12H2,1H3,(H,22,23)/b21-13-/t19-/m1/s1. The lowest BCUT2D eigenvalue weighted by atomic mass is 10.0. The molecule has 5 heteroatoms. The summed E-state index contributed by atoms with van der Waals surface area (Å²) < 4.78 is 11.3. The number of hydrogen-bond acceptors (Lipinski definition) is 4. The quantitative estimate of drug-likeness (QED) is 0.692. The first kappa shape index (κ1) is 15.7. The molecule has 5 nitrogen and oxygen atoms in total. The Morgan fingerprint density at radius 3 is 2.80 bits per heavy atom. The van der Waals surface area contributed by atoms with Crippen LogP contribution in [0.4, 0.5) is 0 Å². The molecular weight excluding hydrogens is 316 g/mol. The van der Waals surface area contributed by atoms with Gasteiger partial charge in [0.25, 0.3) is 5.91 Å². The minimum absolute atomic E-state index is 0.177. The topological polar surface area (TPSA) is 59.9 Å². The Bertz CT molecular complexity index is 845. The van der Waals surface area contributed by atoms with Crippen LogP contribution in [-0.4, -0.2) is 24.3 Å². The van der Waals surface area contributed by atoms with Gasteiger partial charge in [0.2, 0.25) is 6.10 Å². The number of para-hydroxylation sites is 2. The van der Waals surface area contributed by atoms with E-state index in [1.807, 2.05) is 25.1 Å². The van der Waals surface area contributed by atoms with E-state index in [0.29, 0.717) is 11.5 Å². The van der Waals surface area contributed by atoms with Gasteiger partial charge in [-0.1, -0.05) is 24.3 Å². The van der Waals surface area contributed by atoms with Crippen molar-refractivity contribution in [1.82, 2.24) is 5.43 Å². The fourth-order valence-corrected chi connectivity index (χ4v) is 3.22. The fourth-order valence-electron chi connectivity index (χ4n) is 3.22. The second kappa shape index (κ2) is 6.59. The lowest BCUT2D eigenvalue weighted by molar-refractivity contribution is -0.130. The van der Waals surface area contributed by atoms with Crippen molar-refractivity contribution in [2.75, 3.05) is 6.61 Å². The minimum atomic E-state index is -0.702. The zero-order valence-corrected chi connectivity index (χ0v) is 14.1. The van der Waals surface area contributed by atoms with Crippen molar-refractivity contribution >= 4 is 11.6 Å². The van der Waals surface area contributed by atoms with Crippen LogP contribution in [0.3, 0.4) is 0 Å². The molecular formula is C20H20N2O3. The molecule has 128 valence electrons. The van der Waals surface area contributed by atoms with Crippen molar-refractivity contribution in [3.63, 3.8) is 0 Å². The van der Waals surface area contributed by atoms with E-state index in [1.54, 1.807) is 6.07 Å². The van der Waals surface area contributed by atoms with Gasteiger partial charge in [-0.25, -0.2) is 5.43 Å². The third kappa shape index (κ3) is 3.22. The molecule has 0 radical (unpaired) electrons. The number of rotatable bonds is 3. The summed E-state index contributed by atoms with van der Waals surface area (Å²) in [5.74, 6) is 0.924. The van der Waals surface area contributed by atoms with Crippen LogP contribution >= 0.6 is 0 Å². The summed E-state index contributed by atoms with van der Waals surface area (Å²) in [6.45, 7) is 2.07. The first-order valence-electron chi connectivity index (χ1n) is 8.55. The van der Waals surface area contributed by atoms with Crippen LogP contribution in [0.5, 0.6) is 11.5 Å². The van der Waals surface area contributed by atoms with E-state index in [0.717, 1.165) is 24.1 Å². The Labute approximate surface area is 146 Å². The number of ether oxygens (including phenoxy) is 2. The normalized spacial score (nSPS) is 18.6. The summed E-state index contributed by atoms with van der Waals surface area (Å²) in [6, 6.07) is 13.7. The number of carbonyl (C=O) groups excluding carboxylic acids is 1. The first-order chi connectivity index (χ1) is 12.2. The summed E-state index contributed by atoms with van der Waals surface area (Å²) in [5, 5.41) is 4.23. The number of nitrogens with one attached hydrogen (secondary N) is 1. The van der Waals surface area contributed by atoms with Crippen LogP contribution in [-0.2, 0) is 17.6 Å². The molecule has 1 heterocycles. The van der Waals surface area contributed by atoms with Gasteiger partial charge in [0.05, 0.1) is 5.71 Å². The maximum absolute atomic E-state index is 12.3. The van der Waals surface area contributed by atoms with Crippen LogP contribution in [0.2, 0.25) is 0 Å². The van der Waals surface area contributed by atoms with Crippen LogP contribution in [0.25, 0.3) is 0 Å². The molecule has 0 spiro atoms. The number of amides is 1. The van der Waals surface area contributed by atoms with Crippen molar-refractivity contribution < 1.29 is 14.3 Å². The Kier molecular flexibility index (Phi) is 4.14. The average Bonchev–Trinajstić information content (AvgIpc) is 3.13. The van der Waals surface area contributed by atoms with Crippen LogP contribution < -0.4 is 14.9 Å². The largest absolute Gasteiger partial charge is 0.485 e. The monoisotopic (exact) mass is 336 g/mol. The summed E-state index contributed by atoms with van der Waals surface area (Å²) in [6.07, 6.45) is 2.79. The fraction of sp³-hybridized carbons (Fsp3) is 0.300. The van der Waals surface area contributed by atoms with E-state index in [-0.39, 0.29) is 12.5 Å². The summed E-state index contributed by atoms with van der Waals surface area (Å²) in [5.41, 5.74) is 7.22. The van der Waals surface area contributed by atoms with Crippen LogP contribution in [0, 0.1) is 0 Å². The number of hydrogen-bond donors (Lipinski definition) is 1. The number of fused-ring (bicyclic) bond motifs is 2. The maximum atomic E-state index is 12.3. The average molecular weight is 336 g/mol. The highest BCUT2D eigenvalue weighted by Crippen LogP contribution is 2.30. The van der Waals surface area contributed by atoms with Gasteiger partial charge in [-0.3, -0.25) is 4.79 Å². The molecule has 1 aliphatic carbocycles. The third-order valence-electron chi connectivity index (χ3n) is 4.65. The van der Waals surface area contributed by atoms with E-state index < -0.39 is 6.10 Å². The summed E-state index contributed by atoms with van der Waals surface area (Å²) >= 11 is 0. The highest BCUT2D eigenvalue weighted by Gasteiger charge is 2.27. The molecule has 2 aromatic carbocycles. The zero-order valence-electron chi connectivity index (χ0n) is 14.1. The van der Waals surface area contributed by atoms with E-state index in [9.17, 15) is 4.79 Å². The molecule has 1 amide bonds. The molecule has 1 aliphatic heterocycles. The second-order valence-electron chi connectivity index (χ2n) is 6.37. The molecule has 0 saturated carbocycles. The molecule has 1 N–H and O–H groups in total. The molecule has 2 aliphatic rings. The summed E-state index contributed by atoms with van der Waals surface area (Å²) in [7, 11) is 0. The molecule has 0 fully saturated rings. The minimum Gasteiger partial charge on any atom is -0.485 e. The van der Waals surface area contributed by atoms with E-state index in [1.165, 1.54) is 17.5 Å². The Balaban J connectivity index is 1.42. The van der Waals surface area contributed by atoms with Crippen molar-refractivity contribution in [1.29, 1.82) is 0 Å². The van der Waals surface area contributed by atoms with Gasteiger partial charge in [-0.2, -0.15) is 5.10 Å². The lowest BCUT2D eigenvalue weighted by Crippen LogP contribution is -2.42. The number of carbonyl (C=O) groups is 1. The summed E-state index contributed by atoms with van der Waals surface area (Å²) in [4.78, 5) is 12.3. The highest BCUT2D eigenvalue weighted by atomic mass is 16.6. The molecule has 0 aromatic heterocycles. The second-order valence-corrected chi connectivity index (χ2v) is 6.37. The number of hydrazone groups is 1. The van der Waals surface area contributed by atoms with Gasteiger partial charge in [0.15, 0.2) is 11.5 Å². The van der Waals surface area contributed by atoms with Gasteiger partial charge in [-0.05, 0) is 61.1 Å². The first-order valence-corrected chi connectivity index (χ1v) is 8.55. The Morgan fingerprint density at radius 1 is 1.12 bits per heavy atom. The van der Waals surface area contributed by atoms with Crippen molar-refractivity contribution in [2.45, 2.75) is 32.3 Å². The van der Waals surface area contributed by atoms with Gasteiger partial charge >= 0.3 is 0 Å². The van der Waals surface area contributed by atoms with Crippen molar-refractivity contribution in [3.05, 3.63) is 59.2 Å². The molecule has 2 aromatic rings. The van der Waals surface area contributed by atoms with E-state index in [4.69, 9.17) is 9.47 Å². The van der Waals surface area contributed by atoms with Crippen molar-refractivity contribution in [2.24, 2.45) is 5.10 Å². The van der Waals surface area contributed by atoms with Gasteiger partial charge < -0.3 is 9.47 Å². The van der Waals surface area contributed by atoms with E-state index in [2.05, 4.69) is 28.7 Å². The molecule has 25 heavy (non-hydrogen) atoms. The predicted molar refractivity (Wildman–Crippen MR) is 95.2 cm³/mol. The lowest BCUT2D eigenvalue weighted by Gasteiger charge is -2.24. The molecule has 1 atom stereocenters. The van der Waals surface area contributed by atoms with Gasteiger partial charge in [0, 0.05) is 0 Å². The SMILES string of the molecule is C/C(=N/NC(=O)[C@H]1COc2ccccc2O1)c1ccc2c(c1)CCC2. The van der Waals surface area contributed by atoms with Crippen LogP contribution in [0.15, 0.2) is 47.6 Å².